The summed E-state index contributed by atoms with van der Waals surface area (Å²) in [5.41, 5.74) is 0.913. The average molecular weight is 292 g/mol. The van der Waals surface area contributed by atoms with Crippen LogP contribution in [0.1, 0.15) is 39.7 Å². The van der Waals surface area contributed by atoms with Crippen molar-refractivity contribution in [3.8, 4) is 5.75 Å². The Morgan fingerprint density at radius 2 is 1.71 bits per heavy atom. The van der Waals surface area contributed by atoms with E-state index in [-0.39, 0.29) is 12.1 Å². The number of ether oxygens (including phenoxy) is 1. The number of benzene rings is 1. The first-order valence-electron chi connectivity index (χ1n) is 7.26. The molecule has 0 fully saturated rings. The lowest BCUT2D eigenvalue weighted by Crippen LogP contribution is -2.43. The van der Waals surface area contributed by atoms with E-state index in [0.717, 1.165) is 17.7 Å². The Balaban J connectivity index is 2.44. The van der Waals surface area contributed by atoms with E-state index in [1.165, 1.54) is 0 Å². The van der Waals surface area contributed by atoms with Gasteiger partial charge in [-0.1, -0.05) is 19.1 Å². The molecular weight excluding hydrogens is 268 g/mol. The lowest BCUT2D eigenvalue weighted by Gasteiger charge is -2.12. The molecule has 0 aliphatic carbocycles. The summed E-state index contributed by atoms with van der Waals surface area (Å²) in [5, 5.41) is 5.22. The summed E-state index contributed by atoms with van der Waals surface area (Å²) >= 11 is 0. The molecule has 5 heteroatoms. The summed E-state index contributed by atoms with van der Waals surface area (Å²) in [6.45, 7) is 8.05. The number of nitrogens with one attached hydrogen (secondary N) is 2. The van der Waals surface area contributed by atoms with Gasteiger partial charge in [0, 0.05) is 12.6 Å². The fourth-order valence-electron chi connectivity index (χ4n) is 1.61. The number of rotatable bonds is 6. The summed E-state index contributed by atoms with van der Waals surface area (Å²) in [6.07, 6.45) is 0.913. The second-order valence-electron chi connectivity index (χ2n) is 5.28. The molecule has 0 saturated heterocycles. The monoisotopic (exact) mass is 292 g/mol. The third-order valence-corrected chi connectivity index (χ3v) is 2.94. The van der Waals surface area contributed by atoms with Gasteiger partial charge in [-0.2, -0.15) is 0 Å². The van der Waals surface area contributed by atoms with Crippen LogP contribution in [0.15, 0.2) is 24.3 Å². The predicted octanol–water partition coefficient (Wildman–Crippen LogP) is 2.00. The maximum Gasteiger partial charge on any atom is 0.309 e. The predicted molar refractivity (Wildman–Crippen MR) is 81.9 cm³/mol. The van der Waals surface area contributed by atoms with Crippen molar-refractivity contribution in [2.45, 2.75) is 52.8 Å². The molecule has 2 amide bonds. The highest BCUT2D eigenvalue weighted by Crippen LogP contribution is 2.13. The van der Waals surface area contributed by atoms with Gasteiger partial charge < -0.3 is 15.4 Å². The molecule has 116 valence electrons. The van der Waals surface area contributed by atoms with E-state index in [0.29, 0.717) is 6.54 Å². The zero-order chi connectivity index (χ0) is 15.8. The minimum absolute atomic E-state index is 0.00397. The van der Waals surface area contributed by atoms with Crippen LogP contribution in [-0.2, 0) is 16.1 Å². The number of carbonyl (C=O) groups is 2. The molecule has 0 spiro atoms. The quantitative estimate of drug-likeness (QED) is 0.788. The van der Waals surface area contributed by atoms with E-state index in [1.807, 2.05) is 52.0 Å². The van der Waals surface area contributed by atoms with Gasteiger partial charge in [-0.3, -0.25) is 9.59 Å². The standard InChI is InChI=1S/C16H24N2O3/c1-5-12(4)18-16(20)15(19)17-10-13-6-8-14(9-7-13)21-11(2)3/h6-9,11-12H,5,10H2,1-4H3,(H,17,19)(H,18,20)/t12-/m1/s1. The van der Waals surface area contributed by atoms with Crippen molar-refractivity contribution < 1.29 is 14.3 Å². The van der Waals surface area contributed by atoms with Gasteiger partial charge in [-0.15, -0.1) is 0 Å². The Morgan fingerprint density at radius 1 is 1.10 bits per heavy atom. The minimum Gasteiger partial charge on any atom is -0.491 e. The molecular formula is C16H24N2O3. The molecule has 0 unspecified atom stereocenters. The number of carbonyl (C=O) groups excluding carboxylic acids is 2. The van der Waals surface area contributed by atoms with E-state index < -0.39 is 11.8 Å². The van der Waals surface area contributed by atoms with Crippen molar-refractivity contribution in [1.29, 1.82) is 0 Å². The molecule has 1 aromatic rings. The van der Waals surface area contributed by atoms with Crippen LogP contribution in [0, 0.1) is 0 Å². The molecule has 0 bridgehead atoms. The molecule has 1 aromatic carbocycles. The molecule has 0 radical (unpaired) electrons. The number of amides is 2. The summed E-state index contributed by atoms with van der Waals surface area (Å²) in [6, 6.07) is 7.42. The maximum absolute atomic E-state index is 11.6. The smallest absolute Gasteiger partial charge is 0.309 e. The van der Waals surface area contributed by atoms with Crippen molar-refractivity contribution in [2.24, 2.45) is 0 Å². The highest BCUT2D eigenvalue weighted by atomic mass is 16.5. The van der Waals surface area contributed by atoms with Gasteiger partial charge in [0.1, 0.15) is 5.75 Å². The summed E-state index contributed by atoms with van der Waals surface area (Å²) in [4.78, 5) is 23.2. The Hall–Kier alpha value is -2.04. The van der Waals surface area contributed by atoms with Gasteiger partial charge in [0.25, 0.3) is 0 Å². The Bertz CT molecular complexity index is 469. The fraction of sp³-hybridized carbons (Fsp3) is 0.500. The highest BCUT2D eigenvalue weighted by Gasteiger charge is 2.14. The first kappa shape index (κ1) is 17.0. The van der Waals surface area contributed by atoms with E-state index >= 15 is 0 Å². The van der Waals surface area contributed by atoms with E-state index in [2.05, 4.69) is 10.6 Å². The molecule has 0 saturated carbocycles. The third kappa shape index (κ3) is 6.29. The topological polar surface area (TPSA) is 67.4 Å². The highest BCUT2D eigenvalue weighted by molar-refractivity contribution is 6.35. The molecule has 21 heavy (non-hydrogen) atoms. The van der Waals surface area contributed by atoms with Crippen LogP contribution in [-0.4, -0.2) is 24.0 Å². The molecule has 0 aliphatic rings. The Kier molecular flexibility index (Phi) is 6.72. The second kappa shape index (κ2) is 8.29. The van der Waals surface area contributed by atoms with Crippen molar-refractivity contribution >= 4 is 11.8 Å². The Labute approximate surface area is 126 Å². The zero-order valence-electron chi connectivity index (χ0n) is 13.1. The maximum atomic E-state index is 11.6. The van der Waals surface area contributed by atoms with Crippen molar-refractivity contribution in [3.05, 3.63) is 29.8 Å². The van der Waals surface area contributed by atoms with E-state index in [9.17, 15) is 9.59 Å². The average Bonchev–Trinajstić information content (AvgIpc) is 2.45. The van der Waals surface area contributed by atoms with Crippen LogP contribution in [0.2, 0.25) is 0 Å². The van der Waals surface area contributed by atoms with E-state index in [4.69, 9.17) is 4.74 Å². The minimum atomic E-state index is -0.613. The first-order chi connectivity index (χ1) is 9.92. The van der Waals surface area contributed by atoms with Crippen molar-refractivity contribution in [2.75, 3.05) is 0 Å². The Morgan fingerprint density at radius 3 is 2.24 bits per heavy atom. The van der Waals surface area contributed by atoms with Gasteiger partial charge in [-0.05, 0) is 44.9 Å². The van der Waals surface area contributed by atoms with Crippen LogP contribution in [0.5, 0.6) is 5.75 Å². The number of hydrogen-bond acceptors (Lipinski definition) is 3. The second-order valence-corrected chi connectivity index (χ2v) is 5.28. The van der Waals surface area contributed by atoms with E-state index in [1.54, 1.807) is 0 Å². The zero-order valence-corrected chi connectivity index (χ0v) is 13.1. The van der Waals surface area contributed by atoms with Gasteiger partial charge in [0.15, 0.2) is 0 Å². The van der Waals surface area contributed by atoms with Gasteiger partial charge in [0.2, 0.25) is 0 Å². The number of hydrogen-bond donors (Lipinski definition) is 2. The first-order valence-corrected chi connectivity index (χ1v) is 7.26. The fourth-order valence-corrected chi connectivity index (χ4v) is 1.61. The van der Waals surface area contributed by atoms with Crippen molar-refractivity contribution in [1.82, 2.24) is 10.6 Å². The molecule has 1 rings (SSSR count). The lowest BCUT2D eigenvalue weighted by atomic mass is 10.2. The molecule has 0 heterocycles. The lowest BCUT2D eigenvalue weighted by molar-refractivity contribution is -0.139. The summed E-state index contributed by atoms with van der Waals surface area (Å²) < 4.78 is 5.54. The third-order valence-electron chi connectivity index (χ3n) is 2.94. The largest absolute Gasteiger partial charge is 0.491 e. The van der Waals surface area contributed by atoms with Crippen molar-refractivity contribution in [3.63, 3.8) is 0 Å². The molecule has 0 aliphatic heterocycles. The van der Waals surface area contributed by atoms with Gasteiger partial charge in [-0.25, -0.2) is 0 Å². The van der Waals surface area contributed by atoms with Crippen LogP contribution in [0.25, 0.3) is 0 Å². The summed E-state index contributed by atoms with van der Waals surface area (Å²) in [7, 11) is 0. The van der Waals surface area contributed by atoms with Crippen LogP contribution >= 0.6 is 0 Å². The normalized spacial score (nSPS) is 11.9. The van der Waals surface area contributed by atoms with Gasteiger partial charge in [0.05, 0.1) is 6.10 Å². The van der Waals surface area contributed by atoms with Crippen LogP contribution in [0.3, 0.4) is 0 Å². The van der Waals surface area contributed by atoms with Gasteiger partial charge >= 0.3 is 11.8 Å². The molecule has 1 atom stereocenters. The summed E-state index contributed by atoms with van der Waals surface area (Å²) in [5.74, 6) is -0.420. The molecule has 0 aromatic heterocycles. The van der Waals surface area contributed by atoms with Crippen LogP contribution < -0.4 is 15.4 Å². The SMILES string of the molecule is CC[C@@H](C)NC(=O)C(=O)NCc1ccc(OC(C)C)cc1. The van der Waals surface area contributed by atoms with Crippen LogP contribution in [0.4, 0.5) is 0 Å². The molecule has 5 nitrogen and oxygen atoms in total. The molecule has 2 N–H and O–H groups in total.